The van der Waals surface area contributed by atoms with E-state index in [1.54, 1.807) is 24.3 Å². The highest BCUT2D eigenvalue weighted by Crippen LogP contribution is 2.22. The molecule has 1 fully saturated rings. The number of rotatable bonds is 7. The molecule has 1 aliphatic rings. The molecule has 0 bridgehead atoms. The number of nitrogens with one attached hydrogen (secondary N) is 2. The predicted molar refractivity (Wildman–Crippen MR) is 114 cm³/mol. The van der Waals surface area contributed by atoms with Crippen molar-refractivity contribution in [2.75, 3.05) is 30.7 Å². The number of amides is 2. The van der Waals surface area contributed by atoms with Crippen LogP contribution in [-0.4, -0.2) is 49.9 Å². The van der Waals surface area contributed by atoms with Gasteiger partial charge in [0.25, 0.3) is 0 Å². The first-order valence-electron chi connectivity index (χ1n) is 8.90. The molecule has 0 saturated carbocycles. The quantitative estimate of drug-likeness (QED) is 0.628. The number of sulfonamides is 1. The van der Waals surface area contributed by atoms with Gasteiger partial charge in [-0.3, -0.25) is 9.59 Å². The van der Waals surface area contributed by atoms with Gasteiger partial charge in [-0.1, -0.05) is 17.7 Å². The van der Waals surface area contributed by atoms with Crippen molar-refractivity contribution in [3.63, 3.8) is 0 Å². The van der Waals surface area contributed by atoms with Crippen molar-refractivity contribution in [1.29, 1.82) is 0 Å². The minimum Gasteiger partial charge on any atom is -0.354 e. The van der Waals surface area contributed by atoms with Crippen molar-refractivity contribution < 1.29 is 18.0 Å². The van der Waals surface area contributed by atoms with Crippen LogP contribution in [-0.2, 0) is 19.6 Å². The number of piperazine rings is 1. The van der Waals surface area contributed by atoms with Crippen LogP contribution in [0, 0.1) is 0 Å². The van der Waals surface area contributed by atoms with Crippen LogP contribution in [0.1, 0.15) is 6.42 Å². The zero-order valence-corrected chi connectivity index (χ0v) is 17.8. The second-order valence-electron chi connectivity index (χ2n) is 6.32. The second kappa shape index (κ2) is 9.62. The van der Waals surface area contributed by atoms with Crippen LogP contribution in [0.15, 0.2) is 58.3 Å². The molecule has 0 aliphatic carbocycles. The molecule has 2 N–H and O–H groups in total. The number of thioether (sulfide) groups is 1. The summed E-state index contributed by atoms with van der Waals surface area (Å²) in [6.07, 6.45) is 0.274. The van der Waals surface area contributed by atoms with Crippen LogP contribution in [0.5, 0.6) is 0 Å². The summed E-state index contributed by atoms with van der Waals surface area (Å²) in [4.78, 5) is 24.8. The van der Waals surface area contributed by atoms with Gasteiger partial charge in [0.2, 0.25) is 21.8 Å². The van der Waals surface area contributed by atoms with Gasteiger partial charge in [0.15, 0.2) is 0 Å². The minimum absolute atomic E-state index is 0.0422. The average Bonchev–Trinajstić information content (AvgIpc) is 2.70. The van der Waals surface area contributed by atoms with Crippen molar-refractivity contribution in [3.05, 3.63) is 53.6 Å². The lowest BCUT2D eigenvalue weighted by atomic mass is 10.3. The monoisotopic (exact) mass is 453 g/mol. The van der Waals surface area contributed by atoms with Crippen LogP contribution in [0.3, 0.4) is 0 Å². The predicted octanol–water partition coefficient (Wildman–Crippen LogP) is 2.58. The van der Waals surface area contributed by atoms with Gasteiger partial charge in [-0.2, -0.15) is 4.31 Å². The van der Waals surface area contributed by atoms with Crippen LogP contribution in [0.25, 0.3) is 0 Å². The van der Waals surface area contributed by atoms with Gasteiger partial charge in [0.05, 0.1) is 11.4 Å². The molecule has 0 aromatic heterocycles. The summed E-state index contributed by atoms with van der Waals surface area (Å²) in [6, 6.07) is 13.4. The molecule has 29 heavy (non-hydrogen) atoms. The van der Waals surface area contributed by atoms with Gasteiger partial charge in [-0.05, 0) is 42.5 Å². The minimum atomic E-state index is -3.80. The molecule has 1 aliphatic heterocycles. The fraction of sp³-hybridized carbons (Fsp3) is 0.263. The summed E-state index contributed by atoms with van der Waals surface area (Å²) in [5, 5.41) is 5.98. The van der Waals surface area contributed by atoms with E-state index in [0.717, 1.165) is 9.20 Å². The first-order chi connectivity index (χ1) is 13.8. The fourth-order valence-electron chi connectivity index (χ4n) is 2.72. The van der Waals surface area contributed by atoms with Crippen LogP contribution in [0.4, 0.5) is 5.69 Å². The molecule has 0 atom stereocenters. The third-order valence-corrected chi connectivity index (χ3v) is 7.28. The van der Waals surface area contributed by atoms with Crippen molar-refractivity contribution in [2.24, 2.45) is 0 Å². The second-order valence-corrected chi connectivity index (χ2v) is 9.86. The zero-order chi connectivity index (χ0) is 20.9. The Hall–Kier alpha value is -2.07. The Balaban J connectivity index is 1.58. The first-order valence-corrected chi connectivity index (χ1v) is 11.7. The molecular formula is C19H20ClN3O4S2. The topological polar surface area (TPSA) is 95.6 Å². The van der Waals surface area contributed by atoms with E-state index in [4.69, 9.17) is 11.6 Å². The van der Waals surface area contributed by atoms with Crippen LogP contribution >= 0.6 is 23.4 Å². The fourth-order valence-corrected chi connectivity index (χ4v) is 5.14. The number of anilines is 1. The van der Waals surface area contributed by atoms with E-state index in [0.29, 0.717) is 16.5 Å². The average molecular weight is 454 g/mol. The Labute approximate surface area is 178 Å². The maximum Gasteiger partial charge on any atom is 0.243 e. The number of benzene rings is 2. The molecule has 0 spiro atoms. The molecule has 2 amide bonds. The Kier molecular flexibility index (Phi) is 7.18. The largest absolute Gasteiger partial charge is 0.354 e. The number of carbonyl (C=O) groups is 2. The Morgan fingerprint density at radius 2 is 1.97 bits per heavy atom. The standard InChI is InChI=1S/C19H20ClN3O4S2/c20-14-4-6-16(7-5-14)28-11-8-18(24)22-15-2-1-3-17(12-15)29(26,27)23-10-9-21-19(25)13-23/h1-7,12H,8-11,13H2,(H,21,25)(H,22,24). The van der Waals surface area contributed by atoms with E-state index in [9.17, 15) is 18.0 Å². The molecular weight excluding hydrogens is 434 g/mol. The third-order valence-electron chi connectivity index (χ3n) is 4.17. The van der Waals surface area contributed by atoms with E-state index >= 15 is 0 Å². The van der Waals surface area contributed by atoms with E-state index in [1.165, 1.54) is 23.9 Å². The highest BCUT2D eigenvalue weighted by atomic mass is 35.5. The smallest absolute Gasteiger partial charge is 0.243 e. The van der Waals surface area contributed by atoms with Gasteiger partial charge in [0, 0.05) is 40.9 Å². The Morgan fingerprint density at radius 1 is 1.21 bits per heavy atom. The van der Waals surface area contributed by atoms with E-state index in [2.05, 4.69) is 10.6 Å². The number of hydrogen-bond acceptors (Lipinski definition) is 5. The van der Waals surface area contributed by atoms with E-state index < -0.39 is 10.0 Å². The molecule has 0 radical (unpaired) electrons. The summed E-state index contributed by atoms with van der Waals surface area (Å²) < 4.78 is 26.6. The summed E-state index contributed by atoms with van der Waals surface area (Å²) in [5.74, 6) is 0.0368. The molecule has 1 heterocycles. The molecule has 0 unspecified atom stereocenters. The van der Waals surface area contributed by atoms with Gasteiger partial charge in [0.1, 0.15) is 0 Å². The van der Waals surface area contributed by atoms with Crippen LogP contribution < -0.4 is 10.6 Å². The highest BCUT2D eigenvalue weighted by molar-refractivity contribution is 7.99. The van der Waals surface area contributed by atoms with Gasteiger partial charge in [-0.25, -0.2) is 8.42 Å². The van der Waals surface area contributed by atoms with Crippen molar-refractivity contribution >= 4 is 50.9 Å². The van der Waals surface area contributed by atoms with Crippen molar-refractivity contribution in [3.8, 4) is 0 Å². The zero-order valence-electron chi connectivity index (χ0n) is 15.4. The third kappa shape index (κ3) is 5.96. The maximum atomic E-state index is 12.7. The molecule has 2 aromatic carbocycles. The summed E-state index contributed by atoms with van der Waals surface area (Å²) >= 11 is 7.38. The molecule has 7 nitrogen and oxygen atoms in total. The van der Waals surface area contributed by atoms with Gasteiger partial charge >= 0.3 is 0 Å². The van der Waals surface area contributed by atoms with Gasteiger partial charge in [-0.15, -0.1) is 11.8 Å². The number of nitrogens with zero attached hydrogens (tertiary/aromatic N) is 1. The van der Waals surface area contributed by atoms with Crippen molar-refractivity contribution in [1.82, 2.24) is 9.62 Å². The lowest BCUT2D eigenvalue weighted by Gasteiger charge is -2.26. The van der Waals surface area contributed by atoms with E-state index in [-0.39, 0.29) is 42.8 Å². The highest BCUT2D eigenvalue weighted by Gasteiger charge is 2.29. The summed E-state index contributed by atoms with van der Waals surface area (Å²) in [7, 11) is -3.80. The molecule has 2 aromatic rings. The lowest BCUT2D eigenvalue weighted by molar-refractivity contribution is -0.122. The number of carbonyl (C=O) groups excluding carboxylic acids is 2. The first kappa shape index (κ1) is 21.6. The number of hydrogen-bond donors (Lipinski definition) is 2. The SMILES string of the molecule is O=C1CN(S(=O)(=O)c2cccc(NC(=O)CCSc3ccc(Cl)cc3)c2)CCN1. The van der Waals surface area contributed by atoms with Crippen LogP contribution in [0.2, 0.25) is 5.02 Å². The van der Waals surface area contributed by atoms with Gasteiger partial charge < -0.3 is 10.6 Å². The van der Waals surface area contributed by atoms with E-state index in [1.807, 2.05) is 12.1 Å². The molecule has 154 valence electrons. The molecule has 1 saturated heterocycles. The maximum absolute atomic E-state index is 12.7. The summed E-state index contributed by atoms with van der Waals surface area (Å²) in [5.41, 5.74) is 0.397. The molecule has 10 heteroatoms. The molecule has 3 rings (SSSR count). The Morgan fingerprint density at radius 3 is 2.69 bits per heavy atom. The normalized spacial score (nSPS) is 15.0. The lowest BCUT2D eigenvalue weighted by Crippen LogP contribution is -2.49. The Bertz CT molecular complexity index is 997. The van der Waals surface area contributed by atoms with Crippen molar-refractivity contribution in [2.45, 2.75) is 16.2 Å². The summed E-state index contributed by atoms with van der Waals surface area (Å²) in [6.45, 7) is 0.285. The number of halogens is 1.